The molecule has 0 radical (unpaired) electrons. The molecule has 0 bridgehead atoms. The molecule has 0 amide bonds. The lowest BCUT2D eigenvalue weighted by Crippen LogP contribution is -2.47. The summed E-state index contributed by atoms with van der Waals surface area (Å²) in [6, 6.07) is 10.0. The highest BCUT2D eigenvalue weighted by Crippen LogP contribution is 2.27. The zero-order valence-electron chi connectivity index (χ0n) is 12.1. The normalized spacial score (nSPS) is 15.5. The predicted octanol–water partition coefficient (Wildman–Crippen LogP) is 2.71. The molecule has 0 saturated carbocycles. The van der Waals surface area contributed by atoms with Crippen molar-refractivity contribution in [3.8, 4) is 0 Å². The number of aromatic nitrogens is 3. The number of piperazine rings is 1. The minimum atomic E-state index is 0.812. The van der Waals surface area contributed by atoms with Crippen LogP contribution in [0.1, 0.15) is 0 Å². The second-order valence-corrected chi connectivity index (χ2v) is 5.74. The molecule has 1 saturated heterocycles. The van der Waals surface area contributed by atoms with Crippen LogP contribution in [-0.4, -0.2) is 40.8 Å². The quantitative estimate of drug-likeness (QED) is 0.729. The number of nitrogens with zero attached hydrogens (tertiary/aromatic N) is 5. The molecule has 4 rings (SSSR count). The Morgan fingerprint density at radius 1 is 0.909 bits per heavy atom. The maximum atomic E-state index is 6.30. The van der Waals surface area contributed by atoms with E-state index in [2.05, 4.69) is 25.9 Å². The van der Waals surface area contributed by atoms with Crippen molar-refractivity contribution in [2.45, 2.75) is 0 Å². The zero-order chi connectivity index (χ0) is 14.9. The molecule has 0 aliphatic carbocycles. The Labute approximate surface area is 133 Å². The summed E-state index contributed by atoms with van der Waals surface area (Å²) < 4.78 is 1.86. The van der Waals surface area contributed by atoms with Gasteiger partial charge in [-0.3, -0.25) is 0 Å². The highest BCUT2D eigenvalue weighted by atomic mass is 35.5. The van der Waals surface area contributed by atoms with Gasteiger partial charge >= 0.3 is 0 Å². The third-order valence-corrected chi connectivity index (χ3v) is 4.40. The predicted molar refractivity (Wildman–Crippen MR) is 88.9 cm³/mol. The Bertz CT molecular complexity index is 792. The fraction of sp³-hybridized carbons (Fsp3) is 0.250. The molecule has 22 heavy (non-hydrogen) atoms. The largest absolute Gasteiger partial charge is 0.367 e. The fourth-order valence-corrected chi connectivity index (χ4v) is 3.21. The molecule has 1 aromatic carbocycles. The van der Waals surface area contributed by atoms with Crippen LogP contribution in [0.15, 0.2) is 48.9 Å². The Kier molecular flexibility index (Phi) is 3.35. The molecule has 6 heteroatoms. The van der Waals surface area contributed by atoms with Crippen molar-refractivity contribution in [2.24, 2.45) is 0 Å². The first-order valence-corrected chi connectivity index (χ1v) is 7.73. The van der Waals surface area contributed by atoms with Gasteiger partial charge in [-0.15, -0.1) is 0 Å². The first-order chi connectivity index (χ1) is 10.8. The number of benzene rings is 1. The minimum absolute atomic E-state index is 0.812. The molecule has 0 unspecified atom stereocenters. The monoisotopic (exact) mass is 313 g/mol. The molecule has 2 aromatic heterocycles. The lowest BCUT2D eigenvalue weighted by atomic mass is 10.2. The van der Waals surface area contributed by atoms with Crippen LogP contribution in [0.5, 0.6) is 0 Å². The molecule has 3 heterocycles. The lowest BCUT2D eigenvalue weighted by Gasteiger charge is -2.37. The van der Waals surface area contributed by atoms with Gasteiger partial charge < -0.3 is 9.80 Å². The van der Waals surface area contributed by atoms with Crippen molar-refractivity contribution in [1.29, 1.82) is 0 Å². The third kappa shape index (κ3) is 2.27. The Morgan fingerprint density at radius 2 is 1.68 bits per heavy atom. The molecule has 0 atom stereocenters. The van der Waals surface area contributed by atoms with Crippen molar-refractivity contribution in [2.75, 3.05) is 36.0 Å². The molecule has 1 aliphatic heterocycles. The fourth-order valence-electron chi connectivity index (χ4n) is 2.95. The summed E-state index contributed by atoms with van der Waals surface area (Å²) in [6.07, 6.45) is 5.48. The van der Waals surface area contributed by atoms with Gasteiger partial charge in [0.25, 0.3) is 0 Å². The van der Waals surface area contributed by atoms with E-state index >= 15 is 0 Å². The van der Waals surface area contributed by atoms with Crippen LogP contribution in [0, 0.1) is 0 Å². The topological polar surface area (TPSA) is 36.7 Å². The van der Waals surface area contributed by atoms with Gasteiger partial charge in [-0.05, 0) is 18.2 Å². The highest BCUT2D eigenvalue weighted by molar-refractivity contribution is 6.33. The second-order valence-electron chi connectivity index (χ2n) is 5.34. The first-order valence-electron chi connectivity index (χ1n) is 7.36. The number of anilines is 2. The summed E-state index contributed by atoms with van der Waals surface area (Å²) in [5.41, 5.74) is 2.16. The maximum Gasteiger partial charge on any atom is 0.154 e. The Morgan fingerprint density at radius 3 is 2.50 bits per heavy atom. The van der Waals surface area contributed by atoms with E-state index < -0.39 is 0 Å². The summed E-state index contributed by atoms with van der Waals surface area (Å²) in [5, 5.41) is 5.08. The zero-order valence-corrected chi connectivity index (χ0v) is 12.8. The molecular formula is C16H16ClN5. The summed E-state index contributed by atoms with van der Waals surface area (Å²) in [5.74, 6) is 0.999. The van der Waals surface area contributed by atoms with Crippen molar-refractivity contribution >= 4 is 28.6 Å². The average molecular weight is 314 g/mol. The smallest absolute Gasteiger partial charge is 0.154 e. The van der Waals surface area contributed by atoms with Crippen LogP contribution in [0.25, 0.3) is 5.52 Å². The van der Waals surface area contributed by atoms with E-state index in [0.717, 1.165) is 48.2 Å². The van der Waals surface area contributed by atoms with Gasteiger partial charge in [-0.2, -0.15) is 5.10 Å². The van der Waals surface area contributed by atoms with E-state index in [9.17, 15) is 0 Å². The lowest BCUT2D eigenvalue weighted by molar-refractivity contribution is 0.647. The van der Waals surface area contributed by atoms with Gasteiger partial charge in [0.2, 0.25) is 0 Å². The van der Waals surface area contributed by atoms with Crippen LogP contribution < -0.4 is 9.80 Å². The van der Waals surface area contributed by atoms with Crippen LogP contribution in [0.4, 0.5) is 11.5 Å². The molecular weight excluding hydrogens is 298 g/mol. The number of fused-ring (bicyclic) bond motifs is 1. The van der Waals surface area contributed by atoms with Gasteiger partial charge in [-0.25, -0.2) is 9.50 Å². The van der Waals surface area contributed by atoms with Crippen molar-refractivity contribution in [3.05, 3.63) is 53.9 Å². The van der Waals surface area contributed by atoms with Gasteiger partial charge in [0.15, 0.2) is 5.82 Å². The average Bonchev–Trinajstić information content (AvgIpc) is 3.04. The molecule has 0 N–H and O–H groups in total. The van der Waals surface area contributed by atoms with Gasteiger partial charge in [0, 0.05) is 38.6 Å². The summed E-state index contributed by atoms with van der Waals surface area (Å²) >= 11 is 6.30. The van der Waals surface area contributed by atoms with Crippen LogP contribution in [0.3, 0.4) is 0 Å². The molecule has 0 spiro atoms. The van der Waals surface area contributed by atoms with E-state index in [-0.39, 0.29) is 0 Å². The summed E-state index contributed by atoms with van der Waals surface area (Å²) in [6.45, 7) is 3.70. The maximum absolute atomic E-state index is 6.30. The minimum Gasteiger partial charge on any atom is -0.367 e. The first kappa shape index (κ1) is 13.4. The van der Waals surface area contributed by atoms with Gasteiger partial charge in [-0.1, -0.05) is 23.7 Å². The number of hydrogen-bond acceptors (Lipinski definition) is 4. The van der Waals surface area contributed by atoms with Crippen molar-refractivity contribution < 1.29 is 0 Å². The Balaban J connectivity index is 1.55. The van der Waals surface area contributed by atoms with E-state index in [0.29, 0.717) is 0 Å². The van der Waals surface area contributed by atoms with Crippen molar-refractivity contribution in [1.82, 2.24) is 14.6 Å². The summed E-state index contributed by atoms with van der Waals surface area (Å²) in [7, 11) is 0. The number of para-hydroxylation sites is 1. The molecule has 3 aromatic rings. The third-order valence-electron chi connectivity index (χ3n) is 4.08. The number of hydrogen-bond donors (Lipinski definition) is 0. The molecule has 1 fully saturated rings. The van der Waals surface area contributed by atoms with E-state index in [1.54, 1.807) is 12.4 Å². The highest BCUT2D eigenvalue weighted by Gasteiger charge is 2.21. The summed E-state index contributed by atoms with van der Waals surface area (Å²) in [4.78, 5) is 9.18. The second kappa shape index (κ2) is 5.50. The Hall–Kier alpha value is -2.27. The van der Waals surface area contributed by atoms with Crippen molar-refractivity contribution in [3.63, 3.8) is 0 Å². The van der Waals surface area contributed by atoms with Crippen LogP contribution in [-0.2, 0) is 0 Å². The van der Waals surface area contributed by atoms with E-state index in [4.69, 9.17) is 11.6 Å². The van der Waals surface area contributed by atoms with Crippen LogP contribution >= 0.6 is 11.6 Å². The van der Waals surface area contributed by atoms with Crippen LogP contribution in [0.2, 0.25) is 5.02 Å². The van der Waals surface area contributed by atoms with E-state index in [1.165, 1.54) is 0 Å². The van der Waals surface area contributed by atoms with Gasteiger partial charge in [0.1, 0.15) is 5.52 Å². The van der Waals surface area contributed by atoms with E-state index in [1.807, 2.05) is 35.0 Å². The number of halogens is 1. The van der Waals surface area contributed by atoms with Gasteiger partial charge in [0.05, 0.1) is 16.9 Å². The molecule has 112 valence electrons. The standard InChI is InChI=1S/C16H16ClN5/c17-13-3-1-2-4-14(13)20-9-11-21(12-10-20)16-15-5-6-19-22(15)8-7-18-16/h1-8H,9-12H2. The molecule has 5 nitrogen and oxygen atoms in total. The molecule has 1 aliphatic rings. The number of rotatable bonds is 2. The SMILES string of the molecule is Clc1ccccc1N1CCN(c2nccn3nccc23)CC1.